The Kier molecular flexibility index (Phi) is 3.54. The number of aryl methyl sites for hydroxylation is 1. The maximum Gasteiger partial charge on any atom is 0.253 e. The normalized spacial score (nSPS) is 21.3. The number of carbonyl (C=O) groups is 1. The Labute approximate surface area is 113 Å². The minimum Gasteiger partial charge on any atom is -0.398 e. The monoisotopic (exact) mass is 282 g/mol. The van der Waals surface area contributed by atoms with Crippen LogP contribution in [0.4, 0.5) is 5.69 Å². The van der Waals surface area contributed by atoms with Gasteiger partial charge < -0.3 is 10.6 Å². The number of anilines is 1. The number of nitrogen functional groups attached to an aromatic ring is 1. The van der Waals surface area contributed by atoms with Gasteiger partial charge in [0.1, 0.15) is 0 Å². The Bertz CT molecular complexity index is 610. The van der Waals surface area contributed by atoms with Crippen molar-refractivity contribution in [2.45, 2.75) is 19.4 Å². The first-order valence-electron chi connectivity index (χ1n) is 6.14. The number of carbonyl (C=O) groups excluding carboxylic acids is 1. The molecule has 0 bridgehead atoms. The third-order valence-electron chi connectivity index (χ3n) is 3.60. The van der Waals surface area contributed by atoms with Gasteiger partial charge in [-0.25, -0.2) is 8.42 Å². The molecule has 2 rings (SSSR count). The summed E-state index contributed by atoms with van der Waals surface area (Å²) in [6.45, 7) is 1.87. The molecule has 1 aliphatic rings. The third-order valence-corrected chi connectivity index (χ3v) is 5.35. The lowest BCUT2D eigenvalue weighted by molar-refractivity contribution is 0.0748. The van der Waals surface area contributed by atoms with Crippen molar-refractivity contribution in [1.82, 2.24) is 4.90 Å². The van der Waals surface area contributed by atoms with Crippen molar-refractivity contribution in [2.24, 2.45) is 0 Å². The van der Waals surface area contributed by atoms with Gasteiger partial charge in [-0.3, -0.25) is 4.79 Å². The molecule has 19 heavy (non-hydrogen) atoms. The highest BCUT2D eigenvalue weighted by atomic mass is 32.2. The number of hydrogen-bond acceptors (Lipinski definition) is 4. The predicted octanol–water partition coefficient (Wildman–Crippen LogP) is 0.836. The lowest BCUT2D eigenvalue weighted by Crippen LogP contribution is -2.37. The summed E-state index contributed by atoms with van der Waals surface area (Å²) in [6.07, 6.45) is 0.506. The summed E-state index contributed by atoms with van der Waals surface area (Å²) < 4.78 is 22.9. The molecule has 1 aromatic rings. The highest BCUT2D eigenvalue weighted by molar-refractivity contribution is 7.91. The lowest BCUT2D eigenvalue weighted by atomic mass is 10.1. The van der Waals surface area contributed by atoms with Gasteiger partial charge in [0.2, 0.25) is 0 Å². The molecule has 0 aromatic heterocycles. The van der Waals surface area contributed by atoms with Crippen molar-refractivity contribution in [3.63, 3.8) is 0 Å². The van der Waals surface area contributed by atoms with Gasteiger partial charge in [0.15, 0.2) is 9.84 Å². The Morgan fingerprint density at radius 1 is 1.42 bits per heavy atom. The first-order chi connectivity index (χ1) is 8.80. The van der Waals surface area contributed by atoms with E-state index in [1.165, 1.54) is 4.90 Å². The highest BCUT2D eigenvalue weighted by Crippen LogP contribution is 2.20. The fourth-order valence-electron chi connectivity index (χ4n) is 2.22. The van der Waals surface area contributed by atoms with Gasteiger partial charge in [0.05, 0.1) is 11.5 Å². The van der Waals surface area contributed by atoms with E-state index in [0.29, 0.717) is 17.7 Å². The van der Waals surface area contributed by atoms with Crippen molar-refractivity contribution in [1.29, 1.82) is 0 Å². The summed E-state index contributed by atoms with van der Waals surface area (Å²) in [7, 11) is -1.35. The van der Waals surface area contributed by atoms with Gasteiger partial charge in [0, 0.05) is 24.3 Å². The van der Waals surface area contributed by atoms with Crippen LogP contribution in [0.1, 0.15) is 22.3 Å². The summed E-state index contributed by atoms with van der Waals surface area (Å²) >= 11 is 0. The largest absolute Gasteiger partial charge is 0.398 e. The average molecular weight is 282 g/mol. The first kappa shape index (κ1) is 13.9. The standard InChI is InChI=1S/C13H18N2O3S/c1-9-3-4-10(7-12(9)14)13(16)15(2)11-5-6-19(17,18)8-11/h3-4,7,11H,5-6,8,14H2,1-2H3. The van der Waals surface area contributed by atoms with E-state index in [-0.39, 0.29) is 23.5 Å². The number of sulfone groups is 1. The van der Waals surface area contributed by atoms with Crippen LogP contribution in [0.5, 0.6) is 0 Å². The van der Waals surface area contributed by atoms with Gasteiger partial charge >= 0.3 is 0 Å². The zero-order chi connectivity index (χ0) is 14.2. The Hall–Kier alpha value is -1.56. The van der Waals surface area contributed by atoms with Gasteiger partial charge in [-0.15, -0.1) is 0 Å². The van der Waals surface area contributed by atoms with Crippen LogP contribution in [0.25, 0.3) is 0 Å². The first-order valence-corrected chi connectivity index (χ1v) is 7.96. The van der Waals surface area contributed by atoms with E-state index < -0.39 is 9.84 Å². The summed E-state index contributed by atoms with van der Waals surface area (Å²) in [6, 6.07) is 4.91. The molecule has 1 heterocycles. The van der Waals surface area contributed by atoms with E-state index in [4.69, 9.17) is 5.73 Å². The highest BCUT2D eigenvalue weighted by Gasteiger charge is 2.33. The predicted molar refractivity (Wildman–Crippen MR) is 74.7 cm³/mol. The van der Waals surface area contributed by atoms with Crippen LogP contribution >= 0.6 is 0 Å². The summed E-state index contributed by atoms with van der Waals surface area (Å²) in [4.78, 5) is 13.8. The van der Waals surface area contributed by atoms with Crippen LogP contribution in [-0.4, -0.2) is 43.8 Å². The molecule has 0 spiro atoms. The minimum absolute atomic E-state index is 0.0522. The number of hydrogen-bond donors (Lipinski definition) is 1. The molecular weight excluding hydrogens is 264 g/mol. The third kappa shape index (κ3) is 2.89. The van der Waals surface area contributed by atoms with E-state index in [2.05, 4.69) is 0 Å². The number of nitrogens with zero attached hydrogens (tertiary/aromatic N) is 1. The molecule has 2 N–H and O–H groups in total. The van der Waals surface area contributed by atoms with Crippen molar-refractivity contribution in [3.05, 3.63) is 29.3 Å². The molecule has 0 aliphatic carbocycles. The van der Waals surface area contributed by atoms with Crippen LogP contribution < -0.4 is 5.73 Å². The molecule has 1 saturated heterocycles. The molecule has 1 fully saturated rings. The molecule has 6 heteroatoms. The van der Waals surface area contributed by atoms with Crippen LogP contribution in [0.3, 0.4) is 0 Å². The molecule has 1 amide bonds. The molecule has 0 radical (unpaired) electrons. The van der Waals surface area contributed by atoms with Crippen LogP contribution in [0.15, 0.2) is 18.2 Å². The zero-order valence-electron chi connectivity index (χ0n) is 11.1. The van der Waals surface area contributed by atoms with E-state index >= 15 is 0 Å². The number of nitrogens with two attached hydrogens (primary N) is 1. The Balaban J connectivity index is 2.17. The van der Waals surface area contributed by atoms with Gasteiger partial charge in [-0.2, -0.15) is 0 Å². The van der Waals surface area contributed by atoms with Crippen LogP contribution in [0, 0.1) is 6.92 Å². The van der Waals surface area contributed by atoms with Crippen LogP contribution in [-0.2, 0) is 9.84 Å². The number of amides is 1. The summed E-state index contributed by atoms with van der Waals surface area (Å²) in [5.74, 6) is 0.0239. The fourth-order valence-corrected chi connectivity index (χ4v) is 4.00. The summed E-state index contributed by atoms with van der Waals surface area (Å²) in [5, 5.41) is 0. The molecule has 1 aromatic carbocycles. The van der Waals surface area contributed by atoms with Gasteiger partial charge in [-0.05, 0) is 31.0 Å². The molecular formula is C13H18N2O3S. The molecule has 1 unspecified atom stereocenters. The second-order valence-electron chi connectivity index (χ2n) is 5.04. The van der Waals surface area contributed by atoms with Crippen molar-refractivity contribution in [2.75, 3.05) is 24.3 Å². The number of rotatable bonds is 2. The quantitative estimate of drug-likeness (QED) is 0.815. The maximum atomic E-state index is 12.3. The average Bonchev–Trinajstić information content (AvgIpc) is 2.71. The zero-order valence-corrected chi connectivity index (χ0v) is 11.9. The van der Waals surface area contributed by atoms with E-state index in [0.717, 1.165) is 5.56 Å². The number of benzene rings is 1. The van der Waals surface area contributed by atoms with Gasteiger partial charge in [0.25, 0.3) is 5.91 Å². The SMILES string of the molecule is Cc1ccc(C(=O)N(C)C2CCS(=O)(=O)C2)cc1N. The van der Waals surface area contributed by atoms with E-state index in [1.54, 1.807) is 25.2 Å². The minimum atomic E-state index is -2.99. The van der Waals surface area contributed by atoms with Crippen molar-refractivity contribution in [3.8, 4) is 0 Å². The molecule has 5 nitrogen and oxygen atoms in total. The maximum absolute atomic E-state index is 12.3. The van der Waals surface area contributed by atoms with Gasteiger partial charge in [-0.1, -0.05) is 6.07 Å². The second-order valence-corrected chi connectivity index (χ2v) is 7.27. The van der Waals surface area contributed by atoms with Crippen molar-refractivity contribution >= 4 is 21.4 Å². The lowest BCUT2D eigenvalue weighted by Gasteiger charge is -2.23. The van der Waals surface area contributed by atoms with E-state index in [1.807, 2.05) is 6.92 Å². The molecule has 0 saturated carbocycles. The Morgan fingerprint density at radius 2 is 2.11 bits per heavy atom. The fraction of sp³-hybridized carbons (Fsp3) is 0.462. The molecule has 1 aliphatic heterocycles. The van der Waals surface area contributed by atoms with Crippen molar-refractivity contribution < 1.29 is 13.2 Å². The second kappa shape index (κ2) is 4.85. The molecule has 1 atom stereocenters. The Morgan fingerprint density at radius 3 is 2.63 bits per heavy atom. The van der Waals surface area contributed by atoms with Crippen LogP contribution in [0.2, 0.25) is 0 Å². The topological polar surface area (TPSA) is 80.5 Å². The smallest absolute Gasteiger partial charge is 0.253 e. The van der Waals surface area contributed by atoms with E-state index in [9.17, 15) is 13.2 Å². The molecule has 104 valence electrons. The summed E-state index contributed by atoms with van der Waals surface area (Å²) in [5.41, 5.74) is 7.77.